The van der Waals surface area contributed by atoms with Crippen LogP contribution in [0.2, 0.25) is 0 Å². The first-order valence-electron chi connectivity index (χ1n) is 10.7. The maximum absolute atomic E-state index is 13.2. The van der Waals surface area contributed by atoms with Gasteiger partial charge < -0.3 is 0 Å². The van der Waals surface area contributed by atoms with Gasteiger partial charge in [-0.05, 0) is 23.2 Å². The average molecular weight is 436 g/mol. The second-order valence-electron chi connectivity index (χ2n) is 7.65. The fourth-order valence-corrected chi connectivity index (χ4v) is 4.85. The smallest absolute Gasteiger partial charge is 0.291 e. The fraction of sp³-hybridized carbons (Fsp3) is 0.333. The summed E-state index contributed by atoms with van der Waals surface area (Å²) < 4.78 is 1.71. The summed E-state index contributed by atoms with van der Waals surface area (Å²) in [5, 5.41) is 5.39. The topological polar surface area (TPSA) is 69.9 Å². The molecule has 3 aromatic rings. The zero-order valence-corrected chi connectivity index (χ0v) is 18.7. The summed E-state index contributed by atoms with van der Waals surface area (Å²) in [4.78, 5) is 30.7. The van der Waals surface area contributed by atoms with E-state index in [4.69, 9.17) is 5.10 Å². The monoisotopic (exact) mass is 435 g/mol. The van der Waals surface area contributed by atoms with Gasteiger partial charge in [-0.2, -0.15) is 0 Å². The number of rotatable bonds is 7. The predicted octanol–water partition coefficient (Wildman–Crippen LogP) is 4.31. The third-order valence-corrected chi connectivity index (χ3v) is 6.38. The number of aromatic nitrogens is 3. The number of carbonyl (C=O) groups is 1. The molecule has 31 heavy (non-hydrogen) atoms. The van der Waals surface area contributed by atoms with Crippen molar-refractivity contribution in [2.75, 3.05) is 10.7 Å². The number of para-hydroxylation sites is 1. The molecule has 160 valence electrons. The van der Waals surface area contributed by atoms with Crippen LogP contribution in [0.5, 0.6) is 0 Å². The number of unbranched alkanes of at least 4 members (excludes halogenated alkanes) is 3. The van der Waals surface area contributed by atoms with E-state index in [0.717, 1.165) is 23.4 Å². The molecular weight excluding hydrogens is 408 g/mol. The number of H-pyrrole nitrogens is 1. The molecule has 0 spiro atoms. The van der Waals surface area contributed by atoms with E-state index in [9.17, 15) is 9.59 Å². The Morgan fingerprint density at radius 2 is 1.84 bits per heavy atom. The highest BCUT2D eigenvalue weighted by atomic mass is 32.2. The first-order valence-corrected chi connectivity index (χ1v) is 11.7. The van der Waals surface area contributed by atoms with E-state index in [1.165, 1.54) is 19.3 Å². The van der Waals surface area contributed by atoms with Crippen molar-refractivity contribution in [2.24, 2.45) is 0 Å². The predicted molar refractivity (Wildman–Crippen MR) is 123 cm³/mol. The second-order valence-corrected chi connectivity index (χ2v) is 8.74. The number of amides is 1. The van der Waals surface area contributed by atoms with E-state index in [-0.39, 0.29) is 11.5 Å². The summed E-state index contributed by atoms with van der Waals surface area (Å²) in [7, 11) is 0. The molecule has 6 nitrogen and oxygen atoms in total. The number of nitrogens with zero attached hydrogens (tertiary/aromatic N) is 3. The zero-order chi connectivity index (χ0) is 21.8. The minimum Gasteiger partial charge on any atom is -0.291 e. The van der Waals surface area contributed by atoms with Gasteiger partial charge in [0.05, 0.1) is 11.3 Å². The van der Waals surface area contributed by atoms with Crippen LogP contribution >= 0.6 is 11.8 Å². The van der Waals surface area contributed by atoms with E-state index in [1.54, 1.807) is 28.3 Å². The first kappa shape index (κ1) is 21.3. The standard InChI is InChI=1S/C24H26N4O2S/c1-3-4-5-11-16-31-24-25-22(30)21-19-14-9-10-15-20(19)27(17(2)29)23(28(21)26-24)18-12-7-6-8-13-18/h6-10,12-15,23H,3-5,11,16H2,1-2H3/p+1. The number of nitrogens with one attached hydrogen (secondary N) is 1. The van der Waals surface area contributed by atoms with Gasteiger partial charge in [0.15, 0.2) is 0 Å². The molecule has 2 heterocycles. The van der Waals surface area contributed by atoms with Crippen molar-refractivity contribution in [1.29, 1.82) is 0 Å². The quantitative estimate of drug-likeness (QED) is 0.341. The van der Waals surface area contributed by atoms with Gasteiger partial charge in [-0.25, -0.2) is 4.90 Å². The molecule has 2 aromatic carbocycles. The Morgan fingerprint density at radius 1 is 1.10 bits per heavy atom. The lowest BCUT2D eigenvalue weighted by atomic mass is 10.0. The SMILES string of the molecule is CCCCCCSc1n[n+]2c(c(=O)[nH]1)-c1ccccc1N(C(C)=O)C2c1ccccc1. The van der Waals surface area contributed by atoms with Crippen molar-refractivity contribution < 1.29 is 9.48 Å². The maximum atomic E-state index is 13.2. The average Bonchev–Trinajstić information content (AvgIpc) is 2.78. The number of aromatic amines is 1. The fourth-order valence-electron chi connectivity index (χ4n) is 4.00. The van der Waals surface area contributed by atoms with Crippen molar-refractivity contribution >= 4 is 23.4 Å². The lowest BCUT2D eigenvalue weighted by Crippen LogP contribution is -2.60. The number of benzene rings is 2. The van der Waals surface area contributed by atoms with Crippen LogP contribution in [-0.4, -0.2) is 21.7 Å². The molecule has 1 aliphatic heterocycles. The van der Waals surface area contributed by atoms with Gasteiger partial charge in [0.1, 0.15) is 0 Å². The van der Waals surface area contributed by atoms with Crippen molar-refractivity contribution in [1.82, 2.24) is 10.1 Å². The van der Waals surface area contributed by atoms with Gasteiger partial charge >= 0.3 is 11.3 Å². The molecule has 0 fully saturated rings. The number of carbonyl (C=O) groups excluding carboxylic acids is 1. The highest BCUT2D eigenvalue weighted by molar-refractivity contribution is 7.99. The summed E-state index contributed by atoms with van der Waals surface area (Å²) in [6.45, 7) is 3.74. The zero-order valence-electron chi connectivity index (χ0n) is 17.9. The molecule has 4 rings (SSSR count). The van der Waals surface area contributed by atoms with Gasteiger partial charge in [0.25, 0.3) is 6.17 Å². The first-order chi connectivity index (χ1) is 15.1. The second kappa shape index (κ2) is 9.47. The summed E-state index contributed by atoms with van der Waals surface area (Å²) in [6, 6.07) is 17.2. The van der Waals surface area contributed by atoms with Crippen LogP contribution in [0.25, 0.3) is 11.3 Å². The molecule has 0 bridgehead atoms. The van der Waals surface area contributed by atoms with Crippen LogP contribution in [0, 0.1) is 0 Å². The lowest BCUT2D eigenvalue weighted by molar-refractivity contribution is -0.763. The molecule has 0 aliphatic carbocycles. The van der Waals surface area contributed by atoms with E-state index < -0.39 is 6.17 Å². The third kappa shape index (κ3) is 4.28. The summed E-state index contributed by atoms with van der Waals surface area (Å²) in [5.41, 5.74) is 2.60. The Morgan fingerprint density at radius 3 is 2.58 bits per heavy atom. The number of thioether (sulfide) groups is 1. The number of hydrogen-bond donors (Lipinski definition) is 1. The Balaban J connectivity index is 1.83. The van der Waals surface area contributed by atoms with Crippen LogP contribution < -0.4 is 15.1 Å². The normalized spacial score (nSPS) is 14.8. The molecular formula is C24H27N4O2S+. The van der Waals surface area contributed by atoms with E-state index in [0.29, 0.717) is 16.4 Å². The lowest BCUT2D eigenvalue weighted by Gasteiger charge is -2.31. The minimum absolute atomic E-state index is 0.102. The van der Waals surface area contributed by atoms with Gasteiger partial charge in [0.2, 0.25) is 11.1 Å². The van der Waals surface area contributed by atoms with Crippen LogP contribution in [0.1, 0.15) is 51.3 Å². The largest absolute Gasteiger partial charge is 0.325 e. The molecule has 1 unspecified atom stereocenters. The molecule has 7 heteroatoms. The molecule has 0 radical (unpaired) electrons. The molecule has 1 atom stereocenters. The van der Waals surface area contributed by atoms with E-state index in [2.05, 4.69) is 11.9 Å². The maximum Gasteiger partial charge on any atom is 0.325 e. The Labute approximate surface area is 186 Å². The van der Waals surface area contributed by atoms with Gasteiger partial charge in [-0.15, -0.1) is 0 Å². The number of hydrogen-bond acceptors (Lipinski definition) is 4. The third-order valence-electron chi connectivity index (χ3n) is 5.43. The number of fused-ring (bicyclic) bond motifs is 3. The Kier molecular flexibility index (Phi) is 6.51. The highest BCUT2D eigenvalue weighted by Gasteiger charge is 2.44. The van der Waals surface area contributed by atoms with E-state index in [1.807, 2.05) is 54.6 Å². The van der Waals surface area contributed by atoms with Crippen LogP contribution in [-0.2, 0) is 4.79 Å². The highest BCUT2D eigenvalue weighted by Crippen LogP contribution is 2.37. The van der Waals surface area contributed by atoms with Crippen molar-refractivity contribution in [3.63, 3.8) is 0 Å². The molecule has 1 amide bonds. The molecule has 1 aromatic heterocycles. The minimum atomic E-state index is -0.523. The van der Waals surface area contributed by atoms with Gasteiger partial charge in [-0.1, -0.05) is 80.4 Å². The molecule has 1 aliphatic rings. The van der Waals surface area contributed by atoms with Crippen molar-refractivity contribution in [3.05, 3.63) is 70.5 Å². The Hall–Kier alpha value is -2.93. The van der Waals surface area contributed by atoms with Gasteiger partial charge in [-0.3, -0.25) is 14.6 Å². The van der Waals surface area contributed by atoms with Crippen LogP contribution in [0.4, 0.5) is 5.69 Å². The van der Waals surface area contributed by atoms with Crippen LogP contribution in [0.3, 0.4) is 0 Å². The van der Waals surface area contributed by atoms with Crippen molar-refractivity contribution in [3.8, 4) is 11.3 Å². The summed E-state index contributed by atoms with van der Waals surface area (Å²) in [6.07, 6.45) is 4.13. The van der Waals surface area contributed by atoms with E-state index >= 15 is 0 Å². The summed E-state index contributed by atoms with van der Waals surface area (Å²) in [5.74, 6) is 0.793. The molecule has 0 saturated carbocycles. The van der Waals surface area contributed by atoms with Crippen molar-refractivity contribution in [2.45, 2.75) is 50.9 Å². The molecule has 0 saturated heterocycles. The Bertz CT molecular complexity index is 1130. The summed E-state index contributed by atoms with van der Waals surface area (Å²) >= 11 is 1.56. The number of anilines is 1. The van der Waals surface area contributed by atoms with Gasteiger partial charge in [0, 0.05) is 23.3 Å². The van der Waals surface area contributed by atoms with Crippen LogP contribution in [0.15, 0.2) is 64.5 Å². The molecule has 1 N–H and O–H groups in total.